The molecule has 0 bridgehead atoms. The van der Waals surface area contributed by atoms with Crippen molar-refractivity contribution < 1.29 is 4.79 Å². The Labute approximate surface area is 142 Å². The zero-order valence-electron chi connectivity index (χ0n) is 12.7. The lowest BCUT2D eigenvalue weighted by atomic mass is 10.2. The Hall–Kier alpha value is -2.99. The van der Waals surface area contributed by atoms with Crippen LogP contribution in [0.25, 0.3) is 15.9 Å². The number of nitrogens with one attached hydrogen (secondary N) is 1. The number of rotatable bonds is 4. The minimum Gasteiger partial charge on any atom is -0.302 e. The van der Waals surface area contributed by atoms with Gasteiger partial charge in [0.05, 0.1) is 28.5 Å². The van der Waals surface area contributed by atoms with Crippen LogP contribution in [0.1, 0.15) is 5.56 Å². The summed E-state index contributed by atoms with van der Waals surface area (Å²) < 4.78 is 2.82. The minimum absolute atomic E-state index is 0.0957. The molecule has 24 heavy (non-hydrogen) atoms. The molecule has 6 heteroatoms. The van der Waals surface area contributed by atoms with E-state index in [1.807, 2.05) is 60.8 Å². The van der Waals surface area contributed by atoms with E-state index in [4.69, 9.17) is 0 Å². The lowest BCUT2D eigenvalue weighted by Crippen LogP contribution is -2.13. The molecule has 4 aromatic rings. The monoisotopic (exact) mass is 334 g/mol. The van der Waals surface area contributed by atoms with Crippen LogP contribution in [-0.2, 0) is 11.2 Å². The van der Waals surface area contributed by atoms with Crippen LogP contribution >= 0.6 is 11.3 Å². The van der Waals surface area contributed by atoms with Crippen LogP contribution in [0.4, 0.5) is 5.13 Å². The fourth-order valence-electron chi connectivity index (χ4n) is 2.45. The van der Waals surface area contributed by atoms with E-state index >= 15 is 0 Å². The van der Waals surface area contributed by atoms with Crippen molar-refractivity contribution in [2.45, 2.75) is 6.42 Å². The zero-order chi connectivity index (χ0) is 16.4. The predicted octanol–water partition coefficient (Wildman–Crippen LogP) is 3.66. The second-order valence-electron chi connectivity index (χ2n) is 5.34. The van der Waals surface area contributed by atoms with Crippen molar-refractivity contribution in [2.75, 3.05) is 5.32 Å². The average Bonchev–Trinajstić information content (AvgIpc) is 3.21. The molecule has 0 aliphatic rings. The molecule has 118 valence electrons. The van der Waals surface area contributed by atoms with E-state index in [1.165, 1.54) is 11.3 Å². The number of nitrogens with zero attached hydrogens (tertiary/aromatic N) is 3. The van der Waals surface area contributed by atoms with E-state index in [-0.39, 0.29) is 12.3 Å². The van der Waals surface area contributed by atoms with Gasteiger partial charge >= 0.3 is 0 Å². The Balaban J connectivity index is 1.45. The Bertz CT molecular complexity index is 957. The van der Waals surface area contributed by atoms with Crippen LogP contribution < -0.4 is 5.32 Å². The molecular formula is C18H14N4OS. The number of hydrogen-bond donors (Lipinski definition) is 1. The highest BCUT2D eigenvalue weighted by atomic mass is 32.1. The normalized spacial score (nSPS) is 10.8. The first kappa shape index (κ1) is 14.6. The smallest absolute Gasteiger partial charge is 0.230 e. The third-order valence-corrected chi connectivity index (χ3v) is 4.51. The van der Waals surface area contributed by atoms with Crippen molar-refractivity contribution >= 4 is 32.6 Å². The van der Waals surface area contributed by atoms with Gasteiger partial charge in [-0.2, -0.15) is 5.10 Å². The fourth-order valence-corrected chi connectivity index (χ4v) is 3.33. The summed E-state index contributed by atoms with van der Waals surface area (Å²) in [4.78, 5) is 16.6. The first-order valence-electron chi connectivity index (χ1n) is 7.52. The Morgan fingerprint density at radius 3 is 2.71 bits per heavy atom. The maximum absolute atomic E-state index is 12.2. The van der Waals surface area contributed by atoms with Gasteiger partial charge in [0, 0.05) is 6.20 Å². The van der Waals surface area contributed by atoms with Gasteiger partial charge in [0.15, 0.2) is 5.13 Å². The summed E-state index contributed by atoms with van der Waals surface area (Å²) >= 11 is 1.47. The van der Waals surface area contributed by atoms with Gasteiger partial charge in [-0.25, -0.2) is 9.67 Å². The SMILES string of the molecule is O=C(Cc1cnn(-c2ccccc2)c1)Nc1nc2ccccc2s1. The van der Waals surface area contributed by atoms with Gasteiger partial charge in [-0.3, -0.25) is 4.79 Å². The molecule has 0 aliphatic heterocycles. The molecule has 0 aliphatic carbocycles. The lowest BCUT2D eigenvalue weighted by molar-refractivity contribution is -0.115. The largest absolute Gasteiger partial charge is 0.302 e. The van der Waals surface area contributed by atoms with Crippen molar-refractivity contribution in [3.63, 3.8) is 0 Å². The molecule has 0 atom stereocenters. The summed E-state index contributed by atoms with van der Waals surface area (Å²) in [5.74, 6) is -0.0957. The highest BCUT2D eigenvalue weighted by Gasteiger charge is 2.10. The summed E-state index contributed by atoms with van der Waals surface area (Å²) in [6, 6.07) is 17.6. The molecule has 0 fully saturated rings. The number of anilines is 1. The van der Waals surface area contributed by atoms with Crippen molar-refractivity contribution in [2.24, 2.45) is 0 Å². The predicted molar refractivity (Wildman–Crippen MR) is 95.5 cm³/mol. The third kappa shape index (κ3) is 3.04. The summed E-state index contributed by atoms with van der Waals surface area (Å²) in [6.45, 7) is 0. The lowest BCUT2D eigenvalue weighted by Gasteiger charge is -2.00. The minimum atomic E-state index is -0.0957. The van der Waals surface area contributed by atoms with Crippen LogP contribution in [0.2, 0.25) is 0 Å². The van der Waals surface area contributed by atoms with Crippen LogP contribution in [0.15, 0.2) is 67.0 Å². The van der Waals surface area contributed by atoms with Crippen molar-refractivity contribution in [1.29, 1.82) is 0 Å². The number of hydrogen-bond acceptors (Lipinski definition) is 4. The molecule has 2 aromatic carbocycles. The van der Waals surface area contributed by atoms with E-state index in [0.29, 0.717) is 5.13 Å². The molecule has 2 heterocycles. The third-order valence-electron chi connectivity index (χ3n) is 3.56. The second-order valence-corrected chi connectivity index (χ2v) is 6.37. The van der Waals surface area contributed by atoms with E-state index in [9.17, 15) is 4.79 Å². The maximum Gasteiger partial charge on any atom is 0.230 e. The molecule has 5 nitrogen and oxygen atoms in total. The summed E-state index contributed by atoms with van der Waals surface area (Å²) in [6.07, 6.45) is 3.85. The summed E-state index contributed by atoms with van der Waals surface area (Å²) in [5.41, 5.74) is 2.72. The number of benzene rings is 2. The van der Waals surface area contributed by atoms with Gasteiger partial charge in [-0.15, -0.1) is 0 Å². The molecule has 0 saturated heterocycles. The Kier molecular flexibility index (Phi) is 3.80. The van der Waals surface area contributed by atoms with Gasteiger partial charge in [0.25, 0.3) is 0 Å². The van der Waals surface area contributed by atoms with E-state index in [1.54, 1.807) is 10.9 Å². The fraction of sp³-hybridized carbons (Fsp3) is 0.0556. The van der Waals surface area contributed by atoms with E-state index < -0.39 is 0 Å². The van der Waals surface area contributed by atoms with Crippen molar-refractivity contribution in [3.8, 4) is 5.69 Å². The molecule has 2 aromatic heterocycles. The number of thiazole rings is 1. The first-order chi connectivity index (χ1) is 11.8. The molecule has 0 spiro atoms. The molecule has 0 unspecified atom stereocenters. The molecule has 4 rings (SSSR count). The molecule has 0 saturated carbocycles. The van der Waals surface area contributed by atoms with Crippen LogP contribution in [0, 0.1) is 0 Å². The number of carbonyl (C=O) groups is 1. The van der Waals surface area contributed by atoms with Gasteiger partial charge in [0.2, 0.25) is 5.91 Å². The summed E-state index contributed by atoms with van der Waals surface area (Å²) in [5, 5.41) is 7.79. The highest BCUT2D eigenvalue weighted by Crippen LogP contribution is 2.25. The second kappa shape index (κ2) is 6.25. The number of amides is 1. The number of para-hydroxylation sites is 2. The number of aromatic nitrogens is 3. The summed E-state index contributed by atoms with van der Waals surface area (Å²) in [7, 11) is 0. The average molecular weight is 334 g/mol. The molecule has 1 amide bonds. The van der Waals surface area contributed by atoms with Gasteiger partial charge in [-0.05, 0) is 29.8 Å². The molecule has 0 radical (unpaired) electrons. The van der Waals surface area contributed by atoms with E-state index in [0.717, 1.165) is 21.5 Å². The highest BCUT2D eigenvalue weighted by molar-refractivity contribution is 7.22. The van der Waals surface area contributed by atoms with Crippen molar-refractivity contribution in [3.05, 3.63) is 72.6 Å². The molecular weight excluding hydrogens is 320 g/mol. The standard InChI is InChI=1S/C18H14N4OS/c23-17(21-18-20-15-8-4-5-9-16(15)24-18)10-13-11-19-22(12-13)14-6-2-1-3-7-14/h1-9,11-12H,10H2,(H,20,21,23). The van der Waals surface area contributed by atoms with Gasteiger partial charge in [0.1, 0.15) is 0 Å². The van der Waals surface area contributed by atoms with Crippen LogP contribution in [-0.4, -0.2) is 20.7 Å². The van der Waals surface area contributed by atoms with E-state index in [2.05, 4.69) is 15.4 Å². The quantitative estimate of drug-likeness (QED) is 0.619. The zero-order valence-corrected chi connectivity index (χ0v) is 13.5. The number of carbonyl (C=O) groups excluding carboxylic acids is 1. The van der Waals surface area contributed by atoms with Crippen LogP contribution in [0.3, 0.4) is 0 Å². The first-order valence-corrected chi connectivity index (χ1v) is 8.34. The number of fused-ring (bicyclic) bond motifs is 1. The van der Waals surface area contributed by atoms with Crippen molar-refractivity contribution in [1.82, 2.24) is 14.8 Å². The van der Waals surface area contributed by atoms with Gasteiger partial charge in [-0.1, -0.05) is 41.7 Å². The van der Waals surface area contributed by atoms with Gasteiger partial charge < -0.3 is 5.32 Å². The van der Waals surface area contributed by atoms with Crippen LogP contribution in [0.5, 0.6) is 0 Å². The topological polar surface area (TPSA) is 59.8 Å². The Morgan fingerprint density at radius 2 is 1.88 bits per heavy atom. The molecule has 1 N–H and O–H groups in total. The Morgan fingerprint density at radius 1 is 1.08 bits per heavy atom. The maximum atomic E-state index is 12.2.